The normalized spacial score (nSPS) is 10.7. The van der Waals surface area contributed by atoms with Crippen LogP contribution >= 0.6 is 11.6 Å². The van der Waals surface area contributed by atoms with Crippen LogP contribution in [0.5, 0.6) is 11.5 Å². The molecule has 0 atom stereocenters. The summed E-state index contributed by atoms with van der Waals surface area (Å²) in [5.41, 5.74) is 3.17. The van der Waals surface area contributed by atoms with E-state index < -0.39 is 22.3 Å². The van der Waals surface area contributed by atoms with Crippen molar-refractivity contribution in [1.82, 2.24) is 5.43 Å². The number of amides is 1. The minimum absolute atomic E-state index is 0.0800. The Bertz CT molecular complexity index is 867. The quantitative estimate of drug-likeness (QED) is 0.481. The Hall–Kier alpha value is -3.13. The number of hydrazone groups is 1. The topological polar surface area (TPSA) is 114 Å². The lowest BCUT2D eigenvalue weighted by molar-refractivity contribution is -0.386. The number of halogens is 1. The summed E-state index contributed by atoms with van der Waals surface area (Å²) < 4.78 is 4.88. The van der Waals surface area contributed by atoms with Crippen LogP contribution in [0, 0.1) is 17.0 Å². The van der Waals surface area contributed by atoms with Gasteiger partial charge >= 0.3 is 5.69 Å². The number of phenolic OH excluding ortho intramolecular Hbond substituents is 1. The van der Waals surface area contributed by atoms with Gasteiger partial charge in [0.05, 0.1) is 28.8 Å². The number of phenols is 1. The molecular formula is C16H14ClN3O5. The summed E-state index contributed by atoms with van der Waals surface area (Å²) in [6.45, 7) is 1.84. The van der Waals surface area contributed by atoms with E-state index in [4.69, 9.17) is 16.3 Å². The first kappa shape index (κ1) is 18.2. The molecule has 0 radical (unpaired) electrons. The first-order valence-electron chi connectivity index (χ1n) is 6.98. The standard InChI is InChI=1S/C16H14ClN3O5/c1-9-3-4-11(12(17)5-9)16(22)19-18-8-10-6-13(20(23)24)15(21)14(7-10)25-2/h3-8,21H,1-2H3,(H,19,22)/b18-8-. The van der Waals surface area contributed by atoms with Gasteiger partial charge in [0.15, 0.2) is 5.75 Å². The van der Waals surface area contributed by atoms with Gasteiger partial charge in [-0.3, -0.25) is 14.9 Å². The highest BCUT2D eigenvalue weighted by Crippen LogP contribution is 2.36. The van der Waals surface area contributed by atoms with Crippen LogP contribution in [0.4, 0.5) is 5.69 Å². The molecule has 0 aliphatic rings. The minimum Gasteiger partial charge on any atom is -0.500 e. The molecule has 0 aromatic heterocycles. The van der Waals surface area contributed by atoms with E-state index in [-0.39, 0.29) is 21.9 Å². The minimum atomic E-state index is -0.750. The number of methoxy groups -OCH3 is 1. The third-order valence-corrected chi connectivity index (χ3v) is 3.56. The first-order chi connectivity index (χ1) is 11.8. The van der Waals surface area contributed by atoms with Crippen LogP contribution in [-0.2, 0) is 0 Å². The smallest absolute Gasteiger partial charge is 0.315 e. The lowest BCUT2D eigenvalue weighted by Crippen LogP contribution is -2.18. The molecule has 2 N–H and O–H groups in total. The summed E-state index contributed by atoms with van der Waals surface area (Å²) in [6.07, 6.45) is 1.19. The molecule has 2 aromatic carbocycles. The highest BCUT2D eigenvalue weighted by Gasteiger charge is 2.19. The first-order valence-corrected chi connectivity index (χ1v) is 7.36. The molecule has 25 heavy (non-hydrogen) atoms. The molecule has 0 aliphatic heterocycles. The molecule has 2 aromatic rings. The number of nitrogens with one attached hydrogen (secondary N) is 1. The van der Waals surface area contributed by atoms with E-state index in [2.05, 4.69) is 10.5 Å². The Morgan fingerprint density at radius 1 is 1.40 bits per heavy atom. The number of aromatic hydroxyl groups is 1. The maximum absolute atomic E-state index is 12.0. The van der Waals surface area contributed by atoms with Crippen LogP contribution < -0.4 is 10.2 Å². The number of aryl methyl sites for hydroxylation is 1. The number of benzene rings is 2. The lowest BCUT2D eigenvalue weighted by atomic mass is 10.1. The predicted molar refractivity (Wildman–Crippen MR) is 92.6 cm³/mol. The van der Waals surface area contributed by atoms with Gasteiger partial charge in [-0.2, -0.15) is 5.10 Å². The van der Waals surface area contributed by atoms with Crippen molar-refractivity contribution in [1.29, 1.82) is 0 Å². The highest BCUT2D eigenvalue weighted by atomic mass is 35.5. The zero-order chi connectivity index (χ0) is 18.6. The van der Waals surface area contributed by atoms with Crippen molar-refractivity contribution >= 4 is 29.4 Å². The largest absolute Gasteiger partial charge is 0.500 e. The van der Waals surface area contributed by atoms with E-state index in [0.717, 1.165) is 11.6 Å². The van der Waals surface area contributed by atoms with E-state index in [0.29, 0.717) is 0 Å². The fraction of sp³-hybridized carbons (Fsp3) is 0.125. The van der Waals surface area contributed by atoms with Crippen molar-refractivity contribution in [2.24, 2.45) is 5.10 Å². The van der Waals surface area contributed by atoms with E-state index in [9.17, 15) is 20.0 Å². The van der Waals surface area contributed by atoms with Gasteiger partial charge < -0.3 is 9.84 Å². The number of carbonyl (C=O) groups is 1. The average molecular weight is 364 g/mol. The molecule has 1 amide bonds. The highest BCUT2D eigenvalue weighted by molar-refractivity contribution is 6.33. The summed E-state index contributed by atoms with van der Waals surface area (Å²) in [5.74, 6) is -1.19. The van der Waals surface area contributed by atoms with E-state index in [1.165, 1.54) is 19.4 Å². The summed E-state index contributed by atoms with van der Waals surface area (Å²) in [5, 5.41) is 24.7. The van der Waals surface area contributed by atoms with Crippen LogP contribution in [0.25, 0.3) is 0 Å². The predicted octanol–water partition coefficient (Wildman–Crippen LogP) is 3.03. The number of nitro groups is 1. The van der Waals surface area contributed by atoms with Gasteiger partial charge in [0.25, 0.3) is 5.91 Å². The molecule has 9 heteroatoms. The molecule has 0 spiro atoms. The van der Waals surface area contributed by atoms with E-state index >= 15 is 0 Å². The molecule has 2 rings (SSSR count). The molecular weight excluding hydrogens is 350 g/mol. The number of nitro benzene ring substituents is 1. The zero-order valence-electron chi connectivity index (χ0n) is 13.3. The molecule has 8 nitrogen and oxygen atoms in total. The van der Waals surface area contributed by atoms with Gasteiger partial charge in [0.1, 0.15) is 0 Å². The molecule has 0 unspecified atom stereocenters. The summed E-state index contributed by atoms with van der Waals surface area (Å²) >= 11 is 6.00. The molecule has 0 saturated heterocycles. The number of carbonyl (C=O) groups excluding carboxylic acids is 1. The van der Waals surface area contributed by atoms with Crippen molar-refractivity contribution in [2.75, 3.05) is 7.11 Å². The number of rotatable bonds is 5. The van der Waals surface area contributed by atoms with Crippen LogP contribution in [0.3, 0.4) is 0 Å². The second-order valence-corrected chi connectivity index (χ2v) is 5.44. The van der Waals surface area contributed by atoms with Crippen molar-refractivity contribution in [3.63, 3.8) is 0 Å². The number of hydrogen-bond acceptors (Lipinski definition) is 6. The van der Waals surface area contributed by atoms with Gasteiger partial charge in [-0.25, -0.2) is 5.43 Å². The molecule has 0 bridgehead atoms. The lowest BCUT2D eigenvalue weighted by Gasteiger charge is -2.05. The maximum Gasteiger partial charge on any atom is 0.315 e. The van der Waals surface area contributed by atoms with E-state index in [1.54, 1.807) is 18.2 Å². The Morgan fingerprint density at radius 3 is 2.72 bits per heavy atom. The van der Waals surface area contributed by atoms with E-state index in [1.807, 2.05) is 6.92 Å². The van der Waals surface area contributed by atoms with Crippen molar-refractivity contribution in [3.05, 3.63) is 62.2 Å². The maximum atomic E-state index is 12.0. The van der Waals surface area contributed by atoms with Crippen LogP contribution in [0.1, 0.15) is 21.5 Å². The number of ether oxygens (including phenoxy) is 1. The Labute approximate surface area is 147 Å². The average Bonchev–Trinajstić information content (AvgIpc) is 2.55. The fourth-order valence-corrected chi connectivity index (χ4v) is 2.33. The van der Waals surface area contributed by atoms with Crippen LogP contribution in [-0.4, -0.2) is 29.3 Å². The third-order valence-electron chi connectivity index (χ3n) is 3.24. The number of hydrogen-bond donors (Lipinski definition) is 2. The fourth-order valence-electron chi connectivity index (χ4n) is 2.01. The van der Waals surface area contributed by atoms with Gasteiger partial charge in [0.2, 0.25) is 5.75 Å². The summed E-state index contributed by atoms with van der Waals surface area (Å²) in [4.78, 5) is 22.2. The number of nitrogens with zero attached hydrogens (tertiary/aromatic N) is 2. The Kier molecular flexibility index (Phi) is 5.56. The van der Waals surface area contributed by atoms with Gasteiger partial charge in [-0.05, 0) is 30.7 Å². The summed E-state index contributed by atoms with van der Waals surface area (Å²) in [6, 6.07) is 7.40. The Morgan fingerprint density at radius 2 is 2.12 bits per heavy atom. The monoisotopic (exact) mass is 363 g/mol. The zero-order valence-corrected chi connectivity index (χ0v) is 14.1. The van der Waals surface area contributed by atoms with Crippen LogP contribution in [0.2, 0.25) is 5.02 Å². The Balaban J connectivity index is 2.20. The third kappa shape index (κ3) is 4.24. The molecule has 0 saturated carbocycles. The molecule has 130 valence electrons. The second kappa shape index (κ2) is 7.63. The SMILES string of the molecule is COc1cc(/C=N\NC(=O)c2ccc(C)cc2Cl)cc([N+](=O)[O-])c1O. The molecule has 0 heterocycles. The molecule has 0 aliphatic carbocycles. The second-order valence-electron chi connectivity index (χ2n) is 5.03. The van der Waals surface area contributed by atoms with Crippen molar-refractivity contribution in [2.45, 2.75) is 6.92 Å². The van der Waals surface area contributed by atoms with Crippen molar-refractivity contribution < 1.29 is 19.6 Å². The molecule has 0 fully saturated rings. The van der Waals surface area contributed by atoms with Gasteiger partial charge in [0, 0.05) is 11.6 Å². The van der Waals surface area contributed by atoms with Gasteiger partial charge in [-0.15, -0.1) is 0 Å². The summed E-state index contributed by atoms with van der Waals surface area (Å²) in [7, 11) is 1.26. The van der Waals surface area contributed by atoms with Gasteiger partial charge in [-0.1, -0.05) is 17.7 Å². The van der Waals surface area contributed by atoms with Crippen molar-refractivity contribution in [3.8, 4) is 11.5 Å². The van der Waals surface area contributed by atoms with Crippen LogP contribution in [0.15, 0.2) is 35.4 Å².